The molecular formula is C47H40N2. The number of amidine groups is 1. The first-order valence-corrected chi connectivity index (χ1v) is 17.9. The second-order valence-corrected chi connectivity index (χ2v) is 15.5. The third-order valence-corrected chi connectivity index (χ3v) is 12.2. The molecule has 238 valence electrons. The van der Waals surface area contributed by atoms with Crippen molar-refractivity contribution in [2.24, 2.45) is 4.99 Å². The minimum Gasteiger partial charge on any atom is -0.343 e. The van der Waals surface area contributed by atoms with E-state index in [0.717, 1.165) is 18.7 Å². The normalized spacial score (nSPS) is 20.6. The summed E-state index contributed by atoms with van der Waals surface area (Å²) in [6.45, 7) is 9.55. The van der Waals surface area contributed by atoms with Gasteiger partial charge in [0.25, 0.3) is 0 Å². The smallest absolute Gasteiger partial charge is 0.109 e. The second-order valence-electron chi connectivity index (χ2n) is 15.5. The Morgan fingerprint density at radius 2 is 1.18 bits per heavy atom. The molecule has 2 nitrogen and oxygen atoms in total. The van der Waals surface area contributed by atoms with Crippen molar-refractivity contribution in [3.8, 4) is 22.3 Å². The van der Waals surface area contributed by atoms with E-state index in [1.807, 2.05) is 0 Å². The molecule has 10 rings (SSSR count). The zero-order chi connectivity index (χ0) is 33.1. The SMILES string of the molecule is CC1(C)C2=C(NC(C3CCc4cc5ccccc5cc4-c4ccccc43)=NC2c2cccc3c2-c2ccccc2C3(C)C)c2ccccc21. The zero-order valence-corrected chi connectivity index (χ0v) is 28.6. The van der Waals surface area contributed by atoms with Crippen LogP contribution in [-0.4, -0.2) is 5.84 Å². The highest BCUT2D eigenvalue weighted by Gasteiger charge is 2.47. The number of fused-ring (bicyclic) bond motifs is 9. The van der Waals surface area contributed by atoms with Crippen LogP contribution in [0.3, 0.4) is 0 Å². The highest BCUT2D eigenvalue weighted by atomic mass is 15.1. The van der Waals surface area contributed by atoms with E-state index in [1.165, 1.54) is 83.2 Å². The van der Waals surface area contributed by atoms with Crippen molar-refractivity contribution >= 4 is 22.3 Å². The molecule has 49 heavy (non-hydrogen) atoms. The first-order chi connectivity index (χ1) is 23.8. The number of aryl methyl sites for hydroxylation is 1. The van der Waals surface area contributed by atoms with Crippen LogP contribution in [0.5, 0.6) is 0 Å². The number of hydrogen-bond donors (Lipinski definition) is 1. The molecule has 6 aromatic rings. The predicted octanol–water partition coefficient (Wildman–Crippen LogP) is 11.3. The fourth-order valence-corrected chi connectivity index (χ4v) is 9.77. The summed E-state index contributed by atoms with van der Waals surface area (Å²) in [5.74, 6) is 1.23. The highest BCUT2D eigenvalue weighted by molar-refractivity contribution is 6.03. The minimum atomic E-state index is -0.174. The zero-order valence-electron chi connectivity index (χ0n) is 28.6. The highest BCUT2D eigenvalue weighted by Crippen LogP contribution is 2.57. The topological polar surface area (TPSA) is 24.4 Å². The van der Waals surface area contributed by atoms with Gasteiger partial charge in [-0.2, -0.15) is 0 Å². The van der Waals surface area contributed by atoms with Crippen molar-refractivity contribution in [3.05, 3.63) is 172 Å². The largest absolute Gasteiger partial charge is 0.343 e. The molecule has 0 saturated heterocycles. The monoisotopic (exact) mass is 632 g/mol. The molecule has 2 unspecified atom stereocenters. The van der Waals surface area contributed by atoms with Crippen LogP contribution in [0.2, 0.25) is 0 Å². The molecule has 1 aliphatic heterocycles. The molecule has 2 atom stereocenters. The van der Waals surface area contributed by atoms with Gasteiger partial charge in [0.1, 0.15) is 11.9 Å². The van der Waals surface area contributed by atoms with Gasteiger partial charge in [-0.3, -0.25) is 4.99 Å². The predicted molar refractivity (Wildman–Crippen MR) is 204 cm³/mol. The molecule has 0 saturated carbocycles. The summed E-state index contributed by atoms with van der Waals surface area (Å²) in [5, 5.41) is 6.66. The summed E-state index contributed by atoms with van der Waals surface area (Å²) in [7, 11) is 0. The molecule has 4 aliphatic rings. The fraction of sp³-hybridized carbons (Fsp3) is 0.213. The lowest BCUT2D eigenvalue weighted by atomic mass is 9.75. The van der Waals surface area contributed by atoms with E-state index in [1.54, 1.807) is 0 Å². The van der Waals surface area contributed by atoms with Gasteiger partial charge in [-0.25, -0.2) is 0 Å². The van der Waals surface area contributed by atoms with Crippen LogP contribution in [0, 0.1) is 0 Å². The fourth-order valence-electron chi connectivity index (χ4n) is 9.77. The minimum absolute atomic E-state index is 0.0672. The first kappa shape index (κ1) is 28.8. The third-order valence-electron chi connectivity index (χ3n) is 12.2. The van der Waals surface area contributed by atoms with Crippen LogP contribution in [0.1, 0.15) is 85.0 Å². The molecule has 3 aliphatic carbocycles. The number of rotatable bonds is 2. The van der Waals surface area contributed by atoms with E-state index in [4.69, 9.17) is 4.99 Å². The molecule has 1 heterocycles. The van der Waals surface area contributed by atoms with E-state index in [2.05, 4.69) is 160 Å². The summed E-state index contributed by atoms with van der Waals surface area (Å²) in [6.07, 6.45) is 2.00. The second kappa shape index (κ2) is 10.2. The van der Waals surface area contributed by atoms with E-state index >= 15 is 0 Å². The Bertz CT molecular complexity index is 2440. The van der Waals surface area contributed by atoms with Crippen molar-refractivity contribution < 1.29 is 0 Å². The van der Waals surface area contributed by atoms with Crippen molar-refractivity contribution in [2.75, 3.05) is 0 Å². The third kappa shape index (κ3) is 3.98. The summed E-state index contributed by atoms with van der Waals surface area (Å²) < 4.78 is 0. The van der Waals surface area contributed by atoms with Crippen LogP contribution in [0.15, 0.2) is 138 Å². The molecule has 0 spiro atoms. The molecule has 2 heteroatoms. The van der Waals surface area contributed by atoms with Crippen LogP contribution >= 0.6 is 0 Å². The van der Waals surface area contributed by atoms with Gasteiger partial charge in [0.15, 0.2) is 0 Å². The van der Waals surface area contributed by atoms with Crippen molar-refractivity contribution in [1.29, 1.82) is 0 Å². The Morgan fingerprint density at radius 1 is 0.571 bits per heavy atom. The summed E-state index contributed by atoms with van der Waals surface area (Å²) in [6, 6.07) is 47.6. The quantitative estimate of drug-likeness (QED) is 0.202. The molecule has 0 bridgehead atoms. The Hall–Kier alpha value is -5.21. The number of nitrogens with zero attached hydrogens (tertiary/aromatic N) is 1. The van der Waals surface area contributed by atoms with Crippen LogP contribution in [0.25, 0.3) is 38.7 Å². The van der Waals surface area contributed by atoms with E-state index in [-0.39, 0.29) is 22.8 Å². The van der Waals surface area contributed by atoms with Gasteiger partial charge in [-0.1, -0.05) is 149 Å². The molecule has 0 aromatic heterocycles. The van der Waals surface area contributed by atoms with Crippen LogP contribution in [-0.2, 0) is 17.3 Å². The van der Waals surface area contributed by atoms with Crippen molar-refractivity contribution in [1.82, 2.24) is 5.32 Å². The van der Waals surface area contributed by atoms with Gasteiger partial charge in [-0.05, 0) is 90.9 Å². The van der Waals surface area contributed by atoms with E-state index in [0.29, 0.717) is 0 Å². The van der Waals surface area contributed by atoms with Crippen LogP contribution < -0.4 is 5.32 Å². The molecular weight excluding hydrogens is 593 g/mol. The molecule has 0 amide bonds. The maximum atomic E-state index is 5.90. The maximum absolute atomic E-state index is 5.90. The van der Waals surface area contributed by atoms with E-state index in [9.17, 15) is 0 Å². The summed E-state index contributed by atoms with van der Waals surface area (Å²) >= 11 is 0. The van der Waals surface area contributed by atoms with Crippen LogP contribution in [0.4, 0.5) is 0 Å². The first-order valence-electron chi connectivity index (χ1n) is 17.9. The average molecular weight is 633 g/mol. The van der Waals surface area contributed by atoms with Gasteiger partial charge >= 0.3 is 0 Å². The number of hydrogen-bond acceptors (Lipinski definition) is 2. The lowest BCUT2D eigenvalue weighted by Gasteiger charge is -2.35. The number of benzene rings is 6. The summed E-state index contributed by atoms with van der Waals surface area (Å²) in [4.78, 5) is 5.90. The Morgan fingerprint density at radius 3 is 1.98 bits per heavy atom. The molecule has 0 fully saturated rings. The van der Waals surface area contributed by atoms with Gasteiger partial charge in [-0.15, -0.1) is 0 Å². The Kier molecular flexibility index (Phi) is 5.96. The van der Waals surface area contributed by atoms with Gasteiger partial charge in [0, 0.05) is 28.0 Å². The maximum Gasteiger partial charge on any atom is 0.109 e. The summed E-state index contributed by atoms with van der Waals surface area (Å²) in [5.41, 5.74) is 17.4. The number of nitrogens with one attached hydrogen (secondary N) is 1. The average Bonchev–Trinajstić information content (AvgIpc) is 3.42. The Labute approximate surface area is 289 Å². The Balaban J connectivity index is 1.20. The molecule has 1 N–H and O–H groups in total. The lowest BCUT2D eigenvalue weighted by molar-refractivity contribution is 0.573. The molecule has 0 radical (unpaired) electrons. The number of aliphatic imine (C=N–C) groups is 1. The van der Waals surface area contributed by atoms with Gasteiger partial charge in [0.2, 0.25) is 0 Å². The van der Waals surface area contributed by atoms with Crippen molar-refractivity contribution in [2.45, 2.75) is 63.3 Å². The van der Waals surface area contributed by atoms with Gasteiger partial charge < -0.3 is 5.32 Å². The van der Waals surface area contributed by atoms with Crippen molar-refractivity contribution in [3.63, 3.8) is 0 Å². The standard InChI is InChI=1S/C47H40N2/c1-46(2)38-21-11-9-18-34(38)41-36(20-13-23-40(41)46)44-42-43(35-19-10-12-22-39(35)47(42,3)4)48-45(49-44)33-25-24-30-26-28-14-5-6-15-29(28)27-37(30)32-17-8-7-16-31(32)33/h5-23,26-27,33,44H,24-25H2,1-4H3,(H,48,49). The lowest BCUT2D eigenvalue weighted by Crippen LogP contribution is -2.35. The van der Waals surface area contributed by atoms with Gasteiger partial charge in [0.05, 0.1) is 0 Å². The molecule has 6 aromatic carbocycles. The van der Waals surface area contributed by atoms with E-state index < -0.39 is 0 Å².